The third-order valence-corrected chi connectivity index (χ3v) is 4.65. The molecule has 4 rings (SSSR count). The van der Waals surface area contributed by atoms with E-state index in [-0.39, 0.29) is 17.1 Å². The SMILES string of the molecule is C[C@H](C1CC1)n1nccc1NC(=O)c1cc(=O)[nH]c2cc(F)ccc12. The van der Waals surface area contributed by atoms with Crippen molar-refractivity contribution in [1.82, 2.24) is 14.8 Å². The first kappa shape index (κ1) is 15.6. The second kappa shape index (κ2) is 5.84. The average Bonchev–Trinajstić information content (AvgIpc) is 3.33. The largest absolute Gasteiger partial charge is 0.322 e. The lowest BCUT2D eigenvalue weighted by Crippen LogP contribution is -2.20. The van der Waals surface area contributed by atoms with E-state index in [2.05, 4.69) is 22.3 Å². The van der Waals surface area contributed by atoms with E-state index in [1.807, 2.05) is 0 Å². The minimum atomic E-state index is -0.475. The standard InChI is InChI=1S/C18H17FN4O2/c1-10(11-2-3-11)23-16(6-7-20-23)22-18(25)14-9-17(24)21-15-8-12(19)4-5-13(14)15/h4-11H,2-3H2,1H3,(H,21,24)(H,22,25)/t10-/m1/s1. The first-order chi connectivity index (χ1) is 12.0. The van der Waals surface area contributed by atoms with Gasteiger partial charge in [0.1, 0.15) is 11.6 Å². The molecule has 25 heavy (non-hydrogen) atoms. The number of fused-ring (bicyclic) bond motifs is 1. The van der Waals surface area contributed by atoms with Crippen LogP contribution in [0.5, 0.6) is 0 Å². The molecule has 0 radical (unpaired) electrons. The topological polar surface area (TPSA) is 79.8 Å². The summed E-state index contributed by atoms with van der Waals surface area (Å²) in [5.41, 5.74) is 0.0335. The van der Waals surface area contributed by atoms with Gasteiger partial charge in [-0.2, -0.15) is 5.10 Å². The number of nitrogens with one attached hydrogen (secondary N) is 2. The van der Waals surface area contributed by atoms with Crippen molar-refractivity contribution in [2.24, 2.45) is 5.92 Å². The Labute approximate surface area is 142 Å². The molecule has 1 fully saturated rings. The Kier molecular flexibility index (Phi) is 3.63. The Morgan fingerprint density at radius 1 is 1.36 bits per heavy atom. The van der Waals surface area contributed by atoms with Gasteiger partial charge in [-0.1, -0.05) is 0 Å². The van der Waals surface area contributed by atoms with Gasteiger partial charge in [0, 0.05) is 17.5 Å². The molecule has 128 valence electrons. The van der Waals surface area contributed by atoms with Crippen LogP contribution in [0.2, 0.25) is 0 Å². The quantitative estimate of drug-likeness (QED) is 0.766. The first-order valence-corrected chi connectivity index (χ1v) is 8.20. The fraction of sp³-hybridized carbons (Fsp3) is 0.278. The summed E-state index contributed by atoms with van der Waals surface area (Å²) in [6.45, 7) is 2.08. The number of carbonyl (C=O) groups is 1. The van der Waals surface area contributed by atoms with E-state index < -0.39 is 17.3 Å². The van der Waals surface area contributed by atoms with Crippen molar-refractivity contribution in [3.8, 4) is 0 Å². The molecule has 1 aliphatic carbocycles. The minimum Gasteiger partial charge on any atom is -0.322 e. The zero-order valence-electron chi connectivity index (χ0n) is 13.6. The number of amides is 1. The number of pyridine rings is 1. The van der Waals surface area contributed by atoms with Gasteiger partial charge in [-0.25, -0.2) is 9.07 Å². The van der Waals surface area contributed by atoms with Crippen LogP contribution < -0.4 is 10.9 Å². The zero-order valence-corrected chi connectivity index (χ0v) is 13.6. The molecule has 7 heteroatoms. The molecule has 6 nitrogen and oxygen atoms in total. The number of halogens is 1. The van der Waals surface area contributed by atoms with Crippen molar-refractivity contribution in [3.05, 3.63) is 58.3 Å². The molecule has 0 spiro atoms. The Morgan fingerprint density at radius 2 is 2.16 bits per heavy atom. The van der Waals surface area contributed by atoms with Gasteiger partial charge in [0.25, 0.3) is 5.91 Å². The van der Waals surface area contributed by atoms with E-state index in [1.165, 1.54) is 37.1 Å². The Hall–Kier alpha value is -2.96. The molecule has 1 atom stereocenters. The molecule has 3 aromatic rings. The lowest BCUT2D eigenvalue weighted by Gasteiger charge is -2.15. The Bertz CT molecular complexity index is 1020. The number of hydrogen-bond acceptors (Lipinski definition) is 3. The van der Waals surface area contributed by atoms with Crippen LogP contribution in [0.3, 0.4) is 0 Å². The lowest BCUT2D eigenvalue weighted by molar-refractivity contribution is 0.102. The van der Waals surface area contributed by atoms with Crippen molar-refractivity contribution >= 4 is 22.6 Å². The number of aromatic amines is 1. The van der Waals surface area contributed by atoms with Gasteiger partial charge in [-0.05, 0) is 43.9 Å². The third kappa shape index (κ3) is 2.93. The van der Waals surface area contributed by atoms with Crippen molar-refractivity contribution in [1.29, 1.82) is 0 Å². The minimum absolute atomic E-state index is 0.200. The van der Waals surface area contributed by atoms with Gasteiger partial charge >= 0.3 is 0 Å². The summed E-state index contributed by atoms with van der Waals surface area (Å²) in [6, 6.07) is 7.10. The summed E-state index contributed by atoms with van der Waals surface area (Å²) in [7, 11) is 0. The number of H-pyrrole nitrogens is 1. The summed E-state index contributed by atoms with van der Waals surface area (Å²) in [5.74, 6) is 0.267. The molecular weight excluding hydrogens is 323 g/mol. The molecule has 2 aromatic heterocycles. The first-order valence-electron chi connectivity index (χ1n) is 8.20. The normalized spacial score (nSPS) is 15.3. The van der Waals surface area contributed by atoms with Gasteiger partial charge in [-0.15, -0.1) is 0 Å². The van der Waals surface area contributed by atoms with Gasteiger partial charge in [0.15, 0.2) is 0 Å². The van der Waals surface area contributed by atoms with E-state index in [0.717, 1.165) is 0 Å². The van der Waals surface area contributed by atoms with Crippen LogP contribution >= 0.6 is 0 Å². The van der Waals surface area contributed by atoms with Crippen LogP contribution in [0.1, 0.15) is 36.2 Å². The number of carbonyl (C=O) groups excluding carboxylic acids is 1. The van der Waals surface area contributed by atoms with E-state index in [9.17, 15) is 14.0 Å². The molecule has 0 saturated heterocycles. The number of benzene rings is 1. The maximum absolute atomic E-state index is 13.4. The van der Waals surface area contributed by atoms with E-state index in [4.69, 9.17) is 0 Å². The Balaban J connectivity index is 1.69. The van der Waals surface area contributed by atoms with Crippen molar-refractivity contribution in [3.63, 3.8) is 0 Å². The predicted octanol–water partition coefficient (Wildman–Crippen LogP) is 3.09. The fourth-order valence-electron chi connectivity index (χ4n) is 3.12. The molecule has 1 saturated carbocycles. The van der Waals surface area contributed by atoms with E-state index in [1.54, 1.807) is 16.9 Å². The van der Waals surface area contributed by atoms with Gasteiger partial charge < -0.3 is 10.3 Å². The highest BCUT2D eigenvalue weighted by atomic mass is 19.1. The smallest absolute Gasteiger partial charge is 0.257 e. The Morgan fingerprint density at radius 3 is 2.92 bits per heavy atom. The maximum Gasteiger partial charge on any atom is 0.257 e. The molecule has 0 bridgehead atoms. The van der Waals surface area contributed by atoms with Crippen LogP contribution in [0, 0.1) is 11.7 Å². The average molecular weight is 340 g/mol. The summed E-state index contributed by atoms with van der Waals surface area (Å²) >= 11 is 0. The highest BCUT2D eigenvalue weighted by molar-refractivity contribution is 6.11. The van der Waals surface area contributed by atoms with E-state index in [0.29, 0.717) is 17.1 Å². The molecular formula is C18H17FN4O2. The van der Waals surface area contributed by atoms with Gasteiger partial charge in [-0.3, -0.25) is 9.59 Å². The summed E-state index contributed by atoms with van der Waals surface area (Å²) in [4.78, 5) is 27.1. The van der Waals surface area contributed by atoms with Crippen LogP contribution in [0.4, 0.5) is 10.2 Å². The number of rotatable bonds is 4. The predicted molar refractivity (Wildman–Crippen MR) is 92.1 cm³/mol. The number of aromatic nitrogens is 3. The van der Waals surface area contributed by atoms with Gasteiger partial charge in [0.05, 0.1) is 23.3 Å². The number of nitrogens with zero attached hydrogens (tertiary/aromatic N) is 2. The lowest BCUT2D eigenvalue weighted by atomic mass is 10.1. The third-order valence-electron chi connectivity index (χ3n) is 4.65. The monoisotopic (exact) mass is 340 g/mol. The number of hydrogen-bond donors (Lipinski definition) is 2. The van der Waals surface area contributed by atoms with Crippen LogP contribution in [0.15, 0.2) is 41.3 Å². The van der Waals surface area contributed by atoms with Gasteiger partial charge in [0.2, 0.25) is 5.56 Å². The van der Waals surface area contributed by atoms with Crippen LogP contribution in [0.25, 0.3) is 10.9 Å². The molecule has 0 aliphatic heterocycles. The van der Waals surface area contributed by atoms with Crippen molar-refractivity contribution in [2.45, 2.75) is 25.8 Å². The molecule has 1 aliphatic rings. The number of anilines is 1. The summed E-state index contributed by atoms with van der Waals surface area (Å²) in [6.07, 6.45) is 3.97. The summed E-state index contributed by atoms with van der Waals surface area (Å²) in [5, 5.41) is 7.61. The van der Waals surface area contributed by atoms with Crippen LogP contribution in [-0.4, -0.2) is 20.7 Å². The highest BCUT2D eigenvalue weighted by Gasteiger charge is 2.30. The second-order valence-corrected chi connectivity index (χ2v) is 6.43. The molecule has 0 unspecified atom stereocenters. The van der Waals surface area contributed by atoms with Crippen molar-refractivity contribution < 1.29 is 9.18 Å². The van der Waals surface area contributed by atoms with E-state index >= 15 is 0 Å². The second-order valence-electron chi connectivity index (χ2n) is 6.43. The fourth-order valence-corrected chi connectivity index (χ4v) is 3.12. The molecule has 1 aromatic carbocycles. The zero-order chi connectivity index (χ0) is 17.6. The summed E-state index contributed by atoms with van der Waals surface area (Å²) < 4.78 is 15.2. The van der Waals surface area contributed by atoms with Crippen LogP contribution in [-0.2, 0) is 0 Å². The molecule has 2 N–H and O–H groups in total. The maximum atomic E-state index is 13.4. The highest BCUT2D eigenvalue weighted by Crippen LogP contribution is 2.40. The molecule has 2 heterocycles. The van der Waals surface area contributed by atoms with Crippen molar-refractivity contribution in [2.75, 3.05) is 5.32 Å². The molecule has 1 amide bonds.